The zero-order valence-corrected chi connectivity index (χ0v) is 16.5. The van der Waals surface area contributed by atoms with Gasteiger partial charge in [0.2, 0.25) is 0 Å². The number of likely N-dealkylation sites (tertiary alicyclic amines) is 1. The lowest BCUT2D eigenvalue weighted by molar-refractivity contribution is 0.0907. The van der Waals surface area contributed by atoms with Crippen molar-refractivity contribution in [2.24, 2.45) is 0 Å². The van der Waals surface area contributed by atoms with Crippen LogP contribution in [0.3, 0.4) is 0 Å². The molecule has 1 fully saturated rings. The Balaban J connectivity index is 1.52. The van der Waals surface area contributed by atoms with Crippen LogP contribution in [0.2, 0.25) is 0 Å². The first-order chi connectivity index (χ1) is 13.7. The molecule has 5 nitrogen and oxygen atoms in total. The van der Waals surface area contributed by atoms with E-state index in [1.54, 1.807) is 35.6 Å². The Bertz CT molecular complexity index is 988. The predicted molar refractivity (Wildman–Crippen MR) is 112 cm³/mol. The predicted octanol–water partition coefficient (Wildman–Crippen LogP) is 4.20. The summed E-state index contributed by atoms with van der Waals surface area (Å²) in [6.07, 6.45) is 4.91. The summed E-state index contributed by atoms with van der Waals surface area (Å²) in [7, 11) is 0. The lowest BCUT2D eigenvalue weighted by Gasteiger charge is -2.30. The van der Waals surface area contributed by atoms with Crippen LogP contribution >= 0.6 is 11.3 Å². The van der Waals surface area contributed by atoms with E-state index in [-0.39, 0.29) is 23.1 Å². The number of nitrogens with zero attached hydrogens (tertiary/aromatic N) is 1. The number of nitrogens with one attached hydrogen (secondary N) is 1. The molecule has 1 aromatic carbocycles. The number of amides is 1. The molecule has 3 aromatic rings. The van der Waals surface area contributed by atoms with Gasteiger partial charge in [0.05, 0.1) is 11.4 Å². The summed E-state index contributed by atoms with van der Waals surface area (Å²) < 4.78 is 5.67. The van der Waals surface area contributed by atoms with Crippen molar-refractivity contribution in [3.8, 4) is 0 Å². The summed E-state index contributed by atoms with van der Waals surface area (Å²) in [5, 5.41) is 5.55. The van der Waals surface area contributed by atoms with Gasteiger partial charge in [0.25, 0.3) is 5.91 Å². The second kappa shape index (κ2) is 8.71. The first-order valence-corrected chi connectivity index (χ1v) is 10.7. The summed E-state index contributed by atoms with van der Waals surface area (Å²) in [6, 6.07) is 12.6. The SMILES string of the molecule is O=C(NC[C@H](c1cccs1)N1CCCCCC1)c1cc(=O)c2ccccc2o1. The van der Waals surface area contributed by atoms with Gasteiger partial charge in [-0.05, 0) is 49.5 Å². The van der Waals surface area contributed by atoms with Gasteiger partial charge >= 0.3 is 0 Å². The zero-order valence-electron chi connectivity index (χ0n) is 15.7. The van der Waals surface area contributed by atoms with E-state index in [0.29, 0.717) is 17.5 Å². The van der Waals surface area contributed by atoms with Gasteiger partial charge in [-0.2, -0.15) is 0 Å². The minimum Gasteiger partial charge on any atom is -0.451 e. The van der Waals surface area contributed by atoms with Crippen molar-refractivity contribution < 1.29 is 9.21 Å². The monoisotopic (exact) mass is 396 g/mol. The third-order valence-corrected chi connectivity index (χ3v) is 6.24. The third kappa shape index (κ3) is 4.18. The lowest BCUT2D eigenvalue weighted by atomic mass is 10.1. The van der Waals surface area contributed by atoms with E-state index < -0.39 is 0 Å². The normalized spacial score (nSPS) is 16.6. The van der Waals surface area contributed by atoms with E-state index in [4.69, 9.17) is 4.42 Å². The number of carbonyl (C=O) groups excluding carboxylic acids is 1. The van der Waals surface area contributed by atoms with Gasteiger partial charge in [-0.15, -0.1) is 11.3 Å². The number of fused-ring (bicyclic) bond motifs is 1. The van der Waals surface area contributed by atoms with E-state index in [9.17, 15) is 9.59 Å². The Kier molecular flexibility index (Phi) is 5.88. The van der Waals surface area contributed by atoms with Crippen molar-refractivity contribution in [2.75, 3.05) is 19.6 Å². The molecule has 1 aliphatic rings. The molecule has 1 aliphatic heterocycles. The van der Waals surface area contributed by atoms with Crippen molar-refractivity contribution in [2.45, 2.75) is 31.7 Å². The van der Waals surface area contributed by atoms with E-state index >= 15 is 0 Å². The molecular weight excluding hydrogens is 372 g/mol. The topological polar surface area (TPSA) is 62.6 Å². The molecule has 4 rings (SSSR count). The Morgan fingerprint density at radius 1 is 1.11 bits per heavy atom. The second-order valence-electron chi connectivity index (χ2n) is 7.16. The first-order valence-electron chi connectivity index (χ1n) is 9.81. The summed E-state index contributed by atoms with van der Waals surface area (Å²) >= 11 is 1.72. The van der Waals surface area contributed by atoms with E-state index in [1.807, 2.05) is 0 Å². The summed E-state index contributed by atoms with van der Waals surface area (Å²) in [5.74, 6) is -0.288. The number of benzene rings is 1. The maximum atomic E-state index is 12.7. The van der Waals surface area contributed by atoms with Crippen LogP contribution in [0.25, 0.3) is 11.0 Å². The molecule has 0 saturated carbocycles. The molecule has 1 saturated heterocycles. The third-order valence-electron chi connectivity index (χ3n) is 5.27. The molecule has 2 aromatic heterocycles. The summed E-state index contributed by atoms with van der Waals surface area (Å²) in [6.45, 7) is 2.59. The standard InChI is InChI=1S/C22H24N2O3S/c25-18-14-20(27-19-9-4-3-8-16(18)19)22(26)23-15-17(21-10-7-13-28-21)24-11-5-1-2-6-12-24/h3-4,7-10,13-14,17H,1-2,5-6,11-12,15H2,(H,23,26)/t17-/m1/s1. The second-order valence-corrected chi connectivity index (χ2v) is 8.14. The fraction of sp³-hybridized carbons (Fsp3) is 0.364. The minimum absolute atomic E-state index is 0.0597. The molecule has 1 amide bonds. The van der Waals surface area contributed by atoms with Crippen LogP contribution in [0, 0.1) is 0 Å². The largest absolute Gasteiger partial charge is 0.451 e. The molecule has 28 heavy (non-hydrogen) atoms. The van der Waals surface area contributed by atoms with Crippen molar-refractivity contribution in [1.29, 1.82) is 0 Å². The van der Waals surface area contributed by atoms with Gasteiger partial charge in [0.15, 0.2) is 11.2 Å². The molecule has 0 radical (unpaired) electrons. The summed E-state index contributed by atoms with van der Waals surface area (Å²) in [4.78, 5) is 28.7. The molecule has 0 unspecified atom stereocenters. The van der Waals surface area contributed by atoms with E-state index in [1.165, 1.54) is 36.6 Å². The fourth-order valence-electron chi connectivity index (χ4n) is 3.79. The highest BCUT2D eigenvalue weighted by Crippen LogP contribution is 2.27. The van der Waals surface area contributed by atoms with Crippen LogP contribution in [0.1, 0.15) is 47.2 Å². The Morgan fingerprint density at radius 3 is 2.64 bits per heavy atom. The molecule has 1 atom stereocenters. The Labute approximate surface area is 168 Å². The van der Waals surface area contributed by atoms with Gasteiger partial charge < -0.3 is 9.73 Å². The van der Waals surface area contributed by atoms with Crippen LogP contribution < -0.4 is 10.7 Å². The molecule has 0 spiro atoms. The van der Waals surface area contributed by atoms with Crippen LogP contribution in [-0.4, -0.2) is 30.4 Å². The van der Waals surface area contributed by atoms with Crippen molar-refractivity contribution in [3.63, 3.8) is 0 Å². The molecule has 3 heterocycles. The van der Waals surface area contributed by atoms with E-state index in [0.717, 1.165) is 13.1 Å². The Hall–Kier alpha value is -2.44. The number of hydrogen-bond donors (Lipinski definition) is 1. The zero-order chi connectivity index (χ0) is 19.3. The highest BCUT2D eigenvalue weighted by molar-refractivity contribution is 7.10. The van der Waals surface area contributed by atoms with Crippen molar-refractivity contribution >= 4 is 28.2 Å². The smallest absolute Gasteiger partial charge is 0.287 e. The van der Waals surface area contributed by atoms with Gasteiger partial charge in [0.1, 0.15) is 5.58 Å². The van der Waals surface area contributed by atoms with Gasteiger partial charge in [-0.25, -0.2) is 0 Å². The Morgan fingerprint density at radius 2 is 1.89 bits per heavy atom. The average molecular weight is 397 g/mol. The van der Waals surface area contributed by atoms with Gasteiger partial charge in [0, 0.05) is 17.5 Å². The number of carbonyl (C=O) groups is 1. The van der Waals surface area contributed by atoms with E-state index in [2.05, 4.69) is 27.7 Å². The maximum Gasteiger partial charge on any atom is 0.287 e. The molecular formula is C22H24N2O3S. The molecule has 146 valence electrons. The van der Waals surface area contributed by atoms with Crippen molar-refractivity contribution in [1.82, 2.24) is 10.2 Å². The average Bonchev–Trinajstić information content (AvgIpc) is 3.11. The van der Waals surface area contributed by atoms with Crippen LogP contribution in [0.4, 0.5) is 0 Å². The molecule has 0 bridgehead atoms. The van der Waals surface area contributed by atoms with Gasteiger partial charge in [-0.3, -0.25) is 14.5 Å². The van der Waals surface area contributed by atoms with Gasteiger partial charge in [-0.1, -0.05) is 31.0 Å². The minimum atomic E-state index is -0.348. The molecule has 6 heteroatoms. The molecule has 0 aliphatic carbocycles. The van der Waals surface area contributed by atoms with Crippen molar-refractivity contribution in [3.05, 3.63) is 68.7 Å². The molecule has 1 N–H and O–H groups in total. The fourth-order valence-corrected chi connectivity index (χ4v) is 4.65. The first kappa shape index (κ1) is 18.9. The number of para-hydroxylation sites is 1. The number of hydrogen-bond acceptors (Lipinski definition) is 5. The summed E-state index contributed by atoms with van der Waals surface area (Å²) in [5.41, 5.74) is 0.233. The highest BCUT2D eigenvalue weighted by atomic mass is 32.1. The number of thiophene rings is 1. The maximum absolute atomic E-state index is 12.7. The van der Waals surface area contributed by atoms with Crippen LogP contribution in [0.5, 0.6) is 0 Å². The van der Waals surface area contributed by atoms with Crippen LogP contribution in [0.15, 0.2) is 57.1 Å². The van der Waals surface area contributed by atoms with Crippen LogP contribution in [-0.2, 0) is 0 Å². The highest BCUT2D eigenvalue weighted by Gasteiger charge is 2.23. The lowest BCUT2D eigenvalue weighted by Crippen LogP contribution is -2.38. The quantitative estimate of drug-likeness (QED) is 0.702. The number of rotatable bonds is 5.